The van der Waals surface area contributed by atoms with E-state index in [1.54, 1.807) is 13.8 Å². The first-order chi connectivity index (χ1) is 7.34. The number of carboxylic acid groups (broad SMARTS) is 1. The number of aromatic carboxylic acids is 1. The Morgan fingerprint density at radius 1 is 1.12 bits per heavy atom. The SMILES string of the molecule is C=C(C)c1cc(C(=O)O)cc(C(=C)C)c1O. The van der Waals surface area contributed by atoms with Crippen molar-refractivity contribution in [1.29, 1.82) is 0 Å². The molecule has 0 aliphatic heterocycles. The number of phenols is 1. The van der Waals surface area contributed by atoms with Gasteiger partial charge in [-0.1, -0.05) is 13.2 Å². The minimum Gasteiger partial charge on any atom is -0.507 e. The molecule has 0 aromatic heterocycles. The molecule has 0 bridgehead atoms. The lowest BCUT2D eigenvalue weighted by molar-refractivity contribution is 0.0697. The van der Waals surface area contributed by atoms with Gasteiger partial charge in [0.05, 0.1) is 5.56 Å². The van der Waals surface area contributed by atoms with E-state index in [2.05, 4.69) is 13.2 Å². The zero-order valence-corrected chi connectivity index (χ0v) is 9.37. The predicted molar refractivity (Wildman–Crippen MR) is 64.5 cm³/mol. The second-order valence-corrected chi connectivity index (χ2v) is 3.79. The van der Waals surface area contributed by atoms with Crippen LogP contribution in [0.25, 0.3) is 11.1 Å². The van der Waals surface area contributed by atoms with Gasteiger partial charge in [0.25, 0.3) is 0 Å². The van der Waals surface area contributed by atoms with Crippen LogP contribution in [0.4, 0.5) is 0 Å². The van der Waals surface area contributed by atoms with E-state index in [0.29, 0.717) is 22.3 Å². The number of allylic oxidation sites excluding steroid dienone is 2. The number of rotatable bonds is 3. The van der Waals surface area contributed by atoms with Crippen LogP contribution in [-0.4, -0.2) is 16.2 Å². The average molecular weight is 218 g/mol. The normalized spacial score (nSPS) is 9.88. The summed E-state index contributed by atoms with van der Waals surface area (Å²) in [5.74, 6) is -1.00. The van der Waals surface area contributed by atoms with Gasteiger partial charge in [-0.15, -0.1) is 0 Å². The molecule has 0 aliphatic carbocycles. The summed E-state index contributed by atoms with van der Waals surface area (Å²) >= 11 is 0. The van der Waals surface area contributed by atoms with Crippen molar-refractivity contribution >= 4 is 17.1 Å². The fourth-order valence-corrected chi connectivity index (χ4v) is 1.41. The predicted octanol–water partition coefficient (Wildman–Crippen LogP) is 3.16. The fraction of sp³-hybridized carbons (Fsp3) is 0.154. The van der Waals surface area contributed by atoms with Crippen molar-refractivity contribution in [3.8, 4) is 5.75 Å². The van der Waals surface area contributed by atoms with Crippen molar-refractivity contribution in [2.75, 3.05) is 0 Å². The molecule has 0 amide bonds. The summed E-state index contributed by atoms with van der Waals surface area (Å²) in [5.41, 5.74) is 2.23. The van der Waals surface area contributed by atoms with Crippen molar-refractivity contribution in [3.05, 3.63) is 42.0 Å². The second kappa shape index (κ2) is 4.23. The summed E-state index contributed by atoms with van der Waals surface area (Å²) in [6, 6.07) is 2.82. The number of carbonyl (C=O) groups is 1. The van der Waals surface area contributed by atoms with Gasteiger partial charge in [0, 0.05) is 11.1 Å². The summed E-state index contributed by atoms with van der Waals surface area (Å²) in [6.07, 6.45) is 0. The van der Waals surface area contributed by atoms with E-state index < -0.39 is 5.97 Å². The molecule has 3 nitrogen and oxygen atoms in total. The topological polar surface area (TPSA) is 57.5 Å². The molecular formula is C13H14O3. The van der Waals surface area contributed by atoms with E-state index in [4.69, 9.17) is 5.11 Å². The van der Waals surface area contributed by atoms with Gasteiger partial charge < -0.3 is 10.2 Å². The molecule has 1 aromatic carbocycles. The molecule has 84 valence electrons. The van der Waals surface area contributed by atoms with Gasteiger partial charge in [0.15, 0.2) is 0 Å². The Labute approximate surface area is 94.4 Å². The molecule has 0 fully saturated rings. The lowest BCUT2D eigenvalue weighted by Crippen LogP contribution is -1.99. The van der Waals surface area contributed by atoms with Crippen LogP contribution in [0.15, 0.2) is 25.3 Å². The van der Waals surface area contributed by atoms with Gasteiger partial charge >= 0.3 is 5.97 Å². The Morgan fingerprint density at radius 3 is 1.75 bits per heavy atom. The molecule has 0 saturated heterocycles. The maximum Gasteiger partial charge on any atom is 0.335 e. The Hall–Kier alpha value is -2.03. The molecule has 0 atom stereocenters. The van der Waals surface area contributed by atoms with Crippen LogP contribution in [0.2, 0.25) is 0 Å². The second-order valence-electron chi connectivity index (χ2n) is 3.79. The summed E-state index contributed by atoms with van der Waals surface area (Å²) in [6.45, 7) is 10.8. The lowest BCUT2D eigenvalue weighted by atomic mass is 9.97. The van der Waals surface area contributed by atoms with Crippen LogP contribution in [-0.2, 0) is 0 Å². The third kappa shape index (κ3) is 2.14. The zero-order chi connectivity index (χ0) is 12.5. The number of hydrogen-bond donors (Lipinski definition) is 2. The third-order valence-corrected chi connectivity index (χ3v) is 2.28. The molecule has 0 saturated carbocycles. The number of carboxylic acids is 1. The summed E-state index contributed by atoms with van der Waals surface area (Å²) in [7, 11) is 0. The van der Waals surface area contributed by atoms with E-state index >= 15 is 0 Å². The highest BCUT2D eigenvalue weighted by Crippen LogP contribution is 2.33. The van der Waals surface area contributed by atoms with Crippen molar-refractivity contribution in [2.24, 2.45) is 0 Å². The standard InChI is InChI=1S/C13H14O3/c1-7(2)10-5-9(13(15)16)6-11(8(3)4)12(10)14/h5-6,14H,1,3H2,2,4H3,(H,15,16). The molecule has 3 heteroatoms. The molecular weight excluding hydrogens is 204 g/mol. The molecule has 2 N–H and O–H groups in total. The van der Waals surface area contributed by atoms with Crippen LogP contribution < -0.4 is 0 Å². The Bertz CT molecular complexity index is 449. The first-order valence-corrected chi connectivity index (χ1v) is 4.76. The van der Waals surface area contributed by atoms with Crippen LogP contribution in [0.5, 0.6) is 5.75 Å². The van der Waals surface area contributed by atoms with Crippen molar-refractivity contribution < 1.29 is 15.0 Å². The Kier molecular flexibility index (Phi) is 3.18. The number of benzene rings is 1. The monoisotopic (exact) mass is 218 g/mol. The maximum absolute atomic E-state index is 10.9. The smallest absolute Gasteiger partial charge is 0.335 e. The summed E-state index contributed by atoms with van der Waals surface area (Å²) in [4.78, 5) is 10.9. The molecule has 0 unspecified atom stereocenters. The first-order valence-electron chi connectivity index (χ1n) is 4.76. The van der Waals surface area contributed by atoms with Crippen LogP contribution >= 0.6 is 0 Å². The highest BCUT2D eigenvalue weighted by molar-refractivity contribution is 5.92. The average Bonchev–Trinajstić information content (AvgIpc) is 2.16. The molecule has 0 aliphatic rings. The molecule has 1 aromatic rings. The van der Waals surface area contributed by atoms with Crippen LogP contribution in [0, 0.1) is 0 Å². The summed E-state index contributed by atoms with van der Waals surface area (Å²) < 4.78 is 0. The van der Waals surface area contributed by atoms with E-state index in [1.165, 1.54) is 12.1 Å². The van der Waals surface area contributed by atoms with E-state index in [-0.39, 0.29) is 11.3 Å². The van der Waals surface area contributed by atoms with Gasteiger partial charge in [-0.2, -0.15) is 0 Å². The quantitative estimate of drug-likeness (QED) is 0.819. The Morgan fingerprint density at radius 2 is 1.50 bits per heavy atom. The van der Waals surface area contributed by atoms with E-state index in [0.717, 1.165) is 0 Å². The number of hydrogen-bond acceptors (Lipinski definition) is 2. The highest BCUT2D eigenvalue weighted by atomic mass is 16.4. The first kappa shape index (κ1) is 12.0. The van der Waals surface area contributed by atoms with E-state index in [1.807, 2.05) is 0 Å². The zero-order valence-electron chi connectivity index (χ0n) is 9.37. The van der Waals surface area contributed by atoms with E-state index in [9.17, 15) is 9.90 Å². The molecule has 0 heterocycles. The summed E-state index contributed by atoms with van der Waals surface area (Å²) in [5, 5.41) is 18.9. The number of phenolic OH excluding ortho intramolecular Hbond substituents is 1. The highest BCUT2D eigenvalue weighted by Gasteiger charge is 2.14. The lowest BCUT2D eigenvalue weighted by Gasteiger charge is -2.11. The van der Waals surface area contributed by atoms with Gasteiger partial charge in [-0.25, -0.2) is 4.79 Å². The fourth-order valence-electron chi connectivity index (χ4n) is 1.41. The van der Waals surface area contributed by atoms with Crippen molar-refractivity contribution in [2.45, 2.75) is 13.8 Å². The number of aromatic hydroxyl groups is 1. The Balaban J connectivity index is 3.57. The third-order valence-electron chi connectivity index (χ3n) is 2.28. The maximum atomic E-state index is 10.9. The molecule has 0 spiro atoms. The van der Waals surface area contributed by atoms with Crippen molar-refractivity contribution in [1.82, 2.24) is 0 Å². The van der Waals surface area contributed by atoms with Crippen molar-refractivity contribution in [3.63, 3.8) is 0 Å². The molecule has 0 radical (unpaired) electrons. The minimum absolute atomic E-state index is 0.0324. The van der Waals surface area contributed by atoms with Gasteiger partial charge in [-0.05, 0) is 37.1 Å². The molecule has 16 heavy (non-hydrogen) atoms. The van der Waals surface area contributed by atoms with Gasteiger partial charge in [-0.3, -0.25) is 0 Å². The van der Waals surface area contributed by atoms with Gasteiger partial charge in [0.2, 0.25) is 0 Å². The van der Waals surface area contributed by atoms with Crippen LogP contribution in [0.1, 0.15) is 35.3 Å². The molecule has 1 rings (SSSR count). The largest absolute Gasteiger partial charge is 0.507 e. The minimum atomic E-state index is -1.04. The van der Waals surface area contributed by atoms with Gasteiger partial charge in [0.1, 0.15) is 5.75 Å². The van der Waals surface area contributed by atoms with Crippen LogP contribution in [0.3, 0.4) is 0 Å².